The van der Waals surface area contributed by atoms with Crippen molar-refractivity contribution in [3.63, 3.8) is 0 Å². The number of thioether (sulfide) groups is 1. The van der Waals surface area contributed by atoms with Crippen molar-refractivity contribution in [1.82, 2.24) is 10.2 Å². The second kappa shape index (κ2) is 6.96. The highest BCUT2D eigenvalue weighted by Crippen LogP contribution is 2.21. The highest BCUT2D eigenvalue weighted by molar-refractivity contribution is 7.99. The predicted octanol–water partition coefficient (Wildman–Crippen LogP) is 2.51. The number of carbonyl (C=O) groups is 1. The first-order valence-electron chi connectivity index (χ1n) is 6.80. The van der Waals surface area contributed by atoms with E-state index >= 15 is 0 Å². The first kappa shape index (κ1) is 14.4. The van der Waals surface area contributed by atoms with Crippen molar-refractivity contribution in [2.45, 2.75) is 36.7 Å². The molecule has 1 aliphatic carbocycles. The maximum absolute atomic E-state index is 11.4. The molecule has 0 spiro atoms. The van der Waals surface area contributed by atoms with Gasteiger partial charge in [-0.3, -0.25) is 4.79 Å². The Bertz CT molecular complexity index is 413. The van der Waals surface area contributed by atoms with Crippen molar-refractivity contribution in [1.29, 1.82) is 0 Å². The summed E-state index contributed by atoms with van der Waals surface area (Å²) in [6.45, 7) is 0.967. The van der Waals surface area contributed by atoms with Crippen LogP contribution in [0.1, 0.15) is 24.8 Å². The normalized spacial score (nSPS) is 14.4. The van der Waals surface area contributed by atoms with Gasteiger partial charge in [0.25, 0.3) is 0 Å². The molecule has 4 heteroatoms. The lowest BCUT2D eigenvalue weighted by Gasteiger charge is -2.09. The Balaban J connectivity index is 1.70. The van der Waals surface area contributed by atoms with Gasteiger partial charge in [-0.2, -0.15) is 0 Å². The molecular weight excluding hydrogens is 256 g/mol. The predicted molar refractivity (Wildman–Crippen MR) is 80.3 cm³/mol. The summed E-state index contributed by atoms with van der Waals surface area (Å²) < 4.78 is 0. The maximum Gasteiger partial charge on any atom is 0.222 e. The van der Waals surface area contributed by atoms with Gasteiger partial charge in [0.2, 0.25) is 5.91 Å². The molecule has 0 radical (unpaired) electrons. The van der Waals surface area contributed by atoms with E-state index in [1.54, 1.807) is 30.8 Å². The van der Waals surface area contributed by atoms with Gasteiger partial charge in [0, 0.05) is 43.8 Å². The second-order valence-electron chi connectivity index (χ2n) is 5.19. The second-order valence-corrected chi connectivity index (χ2v) is 6.35. The fourth-order valence-electron chi connectivity index (χ4n) is 1.73. The molecule has 1 aliphatic rings. The van der Waals surface area contributed by atoms with Gasteiger partial charge in [0.1, 0.15) is 0 Å². The van der Waals surface area contributed by atoms with Crippen LogP contribution in [0.2, 0.25) is 0 Å². The van der Waals surface area contributed by atoms with Gasteiger partial charge in [-0.25, -0.2) is 0 Å². The smallest absolute Gasteiger partial charge is 0.222 e. The largest absolute Gasteiger partial charge is 0.349 e. The van der Waals surface area contributed by atoms with E-state index in [1.807, 2.05) is 0 Å². The van der Waals surface area contributed by atoms with Crippen molar-refractivity contribution >= 4 is 17.7 Å². The Morgan fingerprint density at radius 2 is 2.00 bits per heavy atom. The summed E-state index contributed by atoms with van der Waals surface area (Å²) in [5, 5.41) is 3.51. The molecule has 104 valence electrons. The summed E-state index contributed by atoms with van der Waals surface area (Å²) in [7, 11) is 3.60. The molecule has 1 saturated carbocycles. The number of hydrogen-bond acceptors (Lipinski definition) is 3. The van der Waals surface area contributed by atoms with Crippen molar-refractivity contribution in [2.75, 3.05) is 19.8 Å². The maximum atomic E-state index is 11.4. The zero-order valence-corrected chi connectivity index (χ0v) is 12.5. The van der Waals surface area contributed by atoms with Crippen LogP contribution in [0.5, 0.6) is 0 Å². The third-order valence-corrected chi connectivity index (χ3v) is 4.19. The van der Waals surface area contributed by atoms with E-state index < -0.39 is 0 Å². The van der Waals surface area contributed by atoms with Gasteiger partial charge in [-0.1, -0.05) is 12.1 Å². The standard InChI is InChI=1S/C15H22N2OS/c1-17(2)15(18)9-10-19-14-7-3-12(4-8-14)11-16-13-5-6-13/h3-4,7-8,13,16H,5-6,9-11H2,1-2H3. The van der Waals surface area contributed by atoms with Gasteiger partial charge in [-0.05, 0) is 30.5 Å². The van der Waals surface area contributed by atoms with Crippen LogP contribution in [0.3, 0.4) is 0 Å². The van der Waals surface area contributed by atoms with Crippen LogP contribution in [0.15, 0.2) is 29.2 Å². The quantitative estimate of drug-likeness (QED) is 0.778. The lowest BCUT2D eigenvalue weighted by Crippen LogP contribution is -2.21. The zero-order chi connectivity index (χ0) is 13.7. The SMILES string of the molecule is CN(C)C(=O)CCSc1ccc(CNC2CC2)cc1. The third kappa shape index (κ3) is 5.25. The molecule has 0 unspecified atom stereocenters. The molecule has 1 fully saturated rings. The van der Waals surface area contributed by atoms with E-state index in [1.165, 1.54) is 23.3 Å². The molecular formula is C15H22N2OS. The molecule has 2 rings (SSSR count). The van der Waals surface area contributed by atoms with E-state index in [-0.39, 0.29) is 5.91 Å². The number of nitrogens with zero attached hydrogens (tertiary/aromatic N) is 1. The molecule has 1 amide bonds. The zero-order valence-electron chi connectivity index (χ0n) is 11.7. The van der Waals surface area contributed by atoms with Gasteiger partial charge >= 0.3 is 0 Å². The summed E-state index contributed by atoms with van der Waals surface area (Å²) in [6.07, 6.45) is 3.25. The highest BCUT2D eigenvalue weighted by Gasteiger charge is 2.19. The van der Waals surface area contributed by atoms with E-state index in [4.69, 9.17) is 0 Å². The Morgan fingerprint density at radius 1 is 1.32 bits per heavy atom. The summed E-state index contributed by atoms with van der Waals surface area (Å²) >= 11 is 1.74. The lowest BCUT2D eigenvalue weighted by atomic mass is 10.2. The van der Waals surface area contributed by atoms with Gasteiger partial charge in [0.05, 0.1) is 0 Å². The van der Waals surface area contributed by atoms with Crippen molar-refractivity contribution in [2.24, 2.45) is 0 Å². The van der Waals surface area contributed by atoms with Crippen LogP contribution in [0.4, 0.5) is 0 Å². The highest BCUT2D eigenvalue weighted by atomic mass is 32.2. The van der Waals surface area contributed by atoms with Crippen molar-refractivity contribution in [3.8, 4) is 0 Å². The molecule has 1 aromatic rings. The number of rotatable bonds is 7. The summed E-state index contributed by atoms with van der Waals surface area (Å²) in [5.41, 5.74) is 1.33. The van der Waals surface area contributed by atoms with Gasteiger partial charge < -0.3 is 10.2 Å². The molecule has 0 aromatic heterocycles. The van der Waals surface area contributed by atoms with Crippen LogP contribution < -0.4 is 5.32 Å². The molecule has 1 aromatic carbocycles. The van der Waals surface area contributed by atoms with Crippen LogP contribution >= 0.6 is 11.8 Å². The number of carbonyl (C=O) groups excluding carboxylic acids is 1. The summed E-state index contributed by atoms with van der Waals surface area (Å²) in [5.74, 6) is 1.04. The fraction of sp³-hybridized carbons (Fsp3) is 0.533. The fourth-order valence-corrected chi connectivity index (χ4v) is 2.57. The minimum atomic E-state index is 0.192. The van der Waals surface area contributed by atoms with Crippen molar-refractivity contribution in [3.05, 3.63) is 29.8 Å². The van der Waals surface area contributed by atoms with Gasteiger partial charge in [-0.15, -0.1) is 11.8 Å². The number of benzene rings is 1. The molecule has 0 saturated heterocycles. The minimum Gasteiger partial charge on any atom is -0.349 e. The molecule has 0 bridgehead atoms. The average Bonchev–Trinajstić information content (AvgIpc) is 3.21. The van der Waals surface area contributed by atoms with E-state index in [2.05, 4.69) is 29.6 Å². The monoisotopic (exact) mass is 278 g/mol. The van der Waals surface area contributed by atoms with E-state index in [0.29, 0.717) is 6.42 Å². The number of hydrogen-bond donors (Lipinski definition) is 1. The first-order chi connectivity index (χ1) is 9.15. The Kier molecular flexibility index (Phi) is 5.28. The molecule has 0 aliphatic heterocycles. The van der Waals surface area contributed by atoms with E-state index in [9.17, 15) is 4.79 Å². The third-order valence-electron chi connectivity index (χ3n) is 3.18. The molecule has 0 atom stereocenters. The Morgan fingerprint density at radius 3 is 2.58 bits per heavy atom. The molecule has 0 heterocycles. The van der Waals surface area contributed by atoms with Gasteiger partial charge in [0.15, 0.2) is 0 Å². The van der Waals surface area contributed by atoms with Crippen LogP contribution in [0, 0.1) is 0 Å². The van der Waals surface area contributed by atoms with E-state index in [0.717, 1.165) is 18.3 Å². The summed E-state index contributed by atoms with van der Waals surface area (Å²) in [4.78, 5) is 14.3. The number of amides is 1. The minimum absolute atomic E-state index is 0.192. The summed E-state index contributed by atoms with van der Waals surface area (Å²) in [6, 6.07) is 9.39. The van der Waals surface area contributed by atoms with Crippen LogP contribution in [0.25, 0.3) is 0 Å². The molecule has 3 nitrogen and oxygen atoms in total. The molecule has 19 heavy (non-hydrogen) atoms. The van der Waals surface area contributed by atoms with Crippen molar-refractivity contribution < 1.29 is 4.79 Å². The lowest BCUT2D eigenvalue weighted by molar-refractivity contribution is -0.128. The number of nitrogens with one attached hydrogen (secondary N) is 1. The topological polar surface area (TPSA) is 32.3 Å². The Hall–Kier alpha value is -1.00. The molecule has 1 N–H and O–H groups in total. The van der Waals surface area contributed by atoms with Crippen LogP contribution in [-0.4, -0.2) is 36.7 Å². The average molecular weight is 278 g/mol. The van der Waals surface area contributed by atoms with Crippen LogP contribution in [-0.2, 0) is 11.3 Å². The first-order valence-corrected chi connectivity index (χ1v) is 7.79. The Labute approximate surface area is 119 Å².